The number of rotatable bonds is 1. The molecule has 1 amide bonds. The van der Waals surface area contributed by atoms with E-state index in [9.17, 15) is 4.79 Å². The Hall–Kier alpha value is -1.49. The molecule has 0 saturated carbocycles. The Morgan fingerprint density at radius 3 is 2.87 bits per heavy atom. The van der Waals surface area contributed by atoms with Crippen LogP contribution >= 0.6 is 0 Å². The molecule has 1 aromatic heterocycles. The van der Waals surface area contributed by atoms with E-state index in [1.54, 1.807) is 17.2 Å². The Labute approximate surface area is 88.5 Å². The summed E-state index contributed by atoms with van der Waals surface area (Å²) in [7, 11) is 0. The number of piperazine rings is 1. The summed E-state index contributed by atoms with van der Waals surface area (Å²) in [6, 6.07) is 1.78. The molecule has 0 unspecified atom stereocenters. The summed E-state index contributed by atoms with van der Waals surface area (Å²) in [5.41, 5.74) is 1.40. The molecule has 1 aromatic rings. The Morgan fingerprint density at radius 2 is 2.20 bits per heavy atom. The molecule has 1 aliphatic heterocycles. The van der Waals surface area contributed by atoms with Gasteiger partial charge in [0, 0.05) is 26.2 Å². The highest BCUT2D eigenvalue weighted by Gasteiger charge is 2.19. The summed E-state index contributed by atoms with van der Waals surface area (Å²) in [4.78, 5) is 13.8. The summed E-state index contributed by atoms with van der Waals surface area (Å²) in [6.45, 7) is 5.10. The molecule has 2 heterocycles. The molecular weight excluding hydrogens is 192 g/mol. The smallest absolute Gasteiger partial charge is 0.274 e. The fourth-order valence-corrected chi connectivity index (χ4v) is 1.60. The lowest BCUT2D eigenvalue weighted by atomic mass is 10.2. The highest BCUT2D eigenvalue weighted by molar-refractivity contribution is 5.92. The van der Waals surface area contributed by atoms with Crippen molar-refractivity contribution in [2.24, 2.45) is 0 Å². The van der Waals surface area contributed by atoms with Crippen molar-refractivity contribution in [1.82, 2.24) is 20.4 Å². The fraction of sp³-hybridized carbons (Fsp3) is 0.500. The Bertz CT molecular complexity index is 360. The van der Waals surface area contributed by atoms with E-state index in [-0.39, 0.29) is 5.91 Å². The summed E-state index contributed by atoms with van der Waals surface area (Å²) in [5.74, 6) is -0.0206. The van der Waals surface area contributed by atoms with Crippen molar-refractivity contribution >= 4 is 5.91 Å². The Balaban J connectivity index is 2.12. The molecular formula is C10H14N4O. The average molecular weight is 206 g/mol. The van der Waals surface area contributed by atoms with E-state index < -0.39 is 0 Å². The van der Waals surface area contributed by atoms with E-state index in [2.05, 4.69) is 15.5 Å². The van der Waals surface area contributed by atoms with Gasteiger partial charge in [-0.1, -0.05) is 0 Å². The quantitative estimate of drug-likeness (QED) is 0.693. The number of hydrogen-bond acceptors (Lipinski definition) is 4. The molecule has 2 rings (SSSR count). The molecule has 0 atom stereocenters. The van der Waals surface area contributed by atoms with Crippen LogP contribution in [0.5, 0.6) is 0 Å². The van der Waals surface area contributed by atoms with Crippen LogP contribution in [-0.2, 0) is 0 Å². The first kappa shape index (κ1) is 10.0. The van der Waals surface area contributed by atoms with Crippen LogP contribution in [0.15, 0.2) is 12.3 Å². The molecule has 0 radical (unpaired) electrons. The lowest BCUT2D eigenvalue weighted by Gasteiger charge is -2.26. The van der Waals surface area contributed by atoms with Gasteiger partial charge >= 0.3 is 0 Å². The van der Waals surface area contributed by atoms with Crippen molar-refractivity contribution in [2.75, 3.05) is 26.2 Å². The highest BCUT2D eigenvalue weighted by atomic mass is 16.2. The Kier molecular flexibility index (Phi) is 2.91. The van der Waals surface area contributed by atoms with Crippen LogP contribution < -0.4 is 5.32 Å². The average Bonchev–Trinajstić information content (AvgIpc) is 2.29. The summed E-state index contributed by atoms with van der Waals surface area (Å²) in [5, 5.41) is 10.8. The molecule has 1 aliphatic rings. The zero-order valence-electron chi connectivity index (χ0n) is 8.73. The molecule has 0 bridgehead atoms. The van der Waals surface area contributed by atoms with E-state index in [1.807, 2.05) is 6.92 Å². The molecule has 5 heteroatoms. The minimum atomic E-state index is -0.0206. The number of nitrogens with zero attached hydrogens (tertiary/aromatic N) is 3. The summed E-state index contributed by atoms with van der Waals surface area (Å²) >= 11 is 0. The van der Waals surface area contributed by atoms with Crippen molar-refractivity contribution in [3.63, 3.8) is 0 Å². The fourth-order valence-electron chi connectivity index (χ4n) is 1.60. The van der Waals surface area contributed by atoms with Gasteiger partial charge in [0.2, 0.25) is 0 Å². The number of carbonyl (C=O) groups is 1. The number of amides is 1. The SMILES string of the molecule is Cc1cnnc(C(=O)N2CCNCC2)c1. The minimum Gasteiger partial charge on any atom is -0.335 e. The topological polar surface area (TPSA) is 58.1 Å². The number of carbonyl (C=O) groups excluding carboxylic acids is 1. The molecule has 1 fully saturated rings. The first-order valence-electron chi connectivity index (χ1n) is 5.07. The predicted molar refractivity (Wildman–Crippen MR) is 55.5 cm³/mol. The van der Waals surface area contributed by atoms with E-state index in [1.165, 1.54) is 0 Å². The third-order valence-corrected chi connectivity index (χ3v) is 2.41. The largest absolute Gasteiger partial charge is 0.335 e. The van der Waals surface area contributed by atoms with Crippen LogP contribution in [-0.4, -0.2) is 47.2 Å². The van der Waals surface area contributed by atoms with Crippen LogP contribution in [0.25, 0.3) is 0 Å². The van der Waals surface area contributed by atoms with Crippen molar-refractivity contribution in [2.45, 2.75) is 6.92 Å². The van der Waals surface area contributed by atoms with E-state index in [4.69, 9.17) is 0 Å². The van der Waals surface area contributed by atoms with Crippen molar-refractivity contribution in [3.05, 3.63) is 23.5 Å². The first-order valence-corrected chi connectivity index (χ1v) is 5.07. The second-order valence-electron chi connectivity index (χ2n) is 3.66. The van der Waals surface area contributed by atoms with Gasteiger partial charge in [-0.05, 0) is 18.6 Å². The molecule has 80 valence electrons. The predicted octanol–water partition coefficient (Wildman–Crippen LogP) is -0.170. The minimum absolute atomic E-state index is 0.0206. The van der Waals surface area contributed by atoms with E-state index >= 15 is 0 Å². The lowest BCUT2D eigenvalue weighted by Crippen LogP contribution is -2.46. The maximum absolute atomic E-state index is 11.9. The maximum atomic E-state index is 11.9. The monoisotopic (exact) mass is 206 g/mol. The van der Waals surface area contributed by atoms with Crippen LogP contribution in [0.2, 0.25) is 0 Å². The number of aromatic nitrogens is 2. The molecule has 5 nitrogen and oxygen atoms in total. The van der Waals surface area contributed by atoms with Crippen molar-refractivity contribution < 1.29 is 4.79 Å². The van der Waals surface area contributed by atoms with Gasteiger partial charge in [-0.15, -0.1) is 5.10 Å². The third kappa shape index (κ3) is 2.30. The highest BCUT2D eigenvalue weighted by Crippen LogP contribution is 2.04. The Morgan fingerprint density at radius 1 is 1.47 bits per heavy atom. The molecule has 1 N–H and O–H groups in total. The number of hydrogen-bond donors (Lipinski definition) is 1. The van der Waals surface area contributed by atoms with Gasteiger partial charge in [0.05, 0.1) is 6.20 Å². The van der Waals surface area contributed by atoms with Crippen molar-refractivity contribution in [1.29, 1.82) is 0 Å². The molecule has 1 saturated heterocycles. The normalized spacial score (nSPS) is 16.5. The van der Waals surface area contributed by atoms with Gasteiger partial charge in [0.1, 0.15) is 0 Å². The standard InChI is InChI=1S/C10H14N4O/c1-8-6-9(13-12-7-8)10(15)14-4-2-11-3-5-14/h6-7,11H,2-5H2,1H3. The second-order valence-corrected chi connectivity index (χ2v) is 3.66. The number of aryl methyl sites for hydroxylation is 1. The van der Waals surface area contributed by atoms with Crippen LogP contribution in [0, 0.1) is 6.92 Å². The van der Waals surface area contributed by atoms with Crippen molar-refractivity contribution in [3.8, 4) is 0 Å². The summed E-state index contributed by atoms with van der Waals surface area (Å²) in [6.07, 6.45) is 1.65. The lowest BCUT2D eigenvalue weighted by molar-refractivity contribution is 0.0728. The summed E-state index contributed by atoms with van der Waals surface area (Å²) < 4.78 is 0. The van der Waals surface area contributed by atoms with Gasteiger partial charge in [-0.2, -0.15) is 5.10 Å². The zero-order valence-corrected chi connectivity index (χ0v) is 8.73. The van der Waals surface area contributed by atoms with Gasteiger partial charge in [0.15, 0.2) is 5.69 Å². The second kappa shape index (κ2) is 4.35. The third-order valence-electron chi connectivity index (χ3n) is 2.41. The van der Waals surface area contributed by atoms with Crippen LogP contribution in [0.1, 0.15) is 16.1 Å². The van der Waals surface area contributed by atoms with Crippen LogP contribution in [0.4, 0.5) is 0 Å². The van der Waals surface area contributed by atoms with Gasteiger partial charge < -0.3 is 10.2 Å². The molecule has 0 spiro atoms. The number of nitrogens with one attached hydrogen (secondary N) is 1. The molecule has 0 aliphatic carbocycles. The molecule has 15 heavy (non-hydrogen) atoms. The first-order chi connectivity index (χ1) is 7.27. The van der Waals surface area contributed by atoms with Crippen LogP contribution in [0.3, 0.4) is 0 Å². The maximum Gasteiger partial charge on any atom is 0.274 e. The zero-order chi connectivity index (χ0) is 10.7. The van der Waals surface area contributed by atoms with Gasteiger partial charge in [-0.25, -0.2) is 0 Å². The van der Waals surface area contributed by atoms with Gasteiger partial charge in [-0.3, -0.25) is 4.79 Å². The van der Waals surface area contributed by atoms with Gasteiger partial charge in [0.25, 0.3) is 5.91 Å². The van der Waals surface area contributed by atoms with E-state index in [0.717, 1.165) is 31.7 Å². The van der Waals surface area contributed by atoms with E-state index in [0.29, 0.717) is 5.69 Å². The molecule has 0 aromatic carbocycles.